The van der Waals surface area contributed by atoms with Gasteiger partial charge in [0.15, 0.2) is 0 Å². The standard InChI is InChI=1S/C10H11F6N3/c1-19(3-2-9(11,12)13)8-5-6(10(14,15)16)4-7(17)18-8/h4-5H,2-3H2,1H3,(H2,17,18). The molecule has 9 heteroatoms. The smallest absolute Gasteiger partial charge is 0.384 e. The van der Waals surface area contributed by atoms with Crippen molar-refractivity contribution in [1.29, 1.82) is 0 Å². The van der Waals surface area contributed by atoms with Crippen LogP contribution in [0.4, 0.5) is 38.0 Å². The van der Waals surface area contributed by atoms with Crippen molar-refractivity contribution in [2.45, 2.75) is 18.8 Å². The monoisotopic (exact) mass is 287 g/mol. The van der Waals surface area contributed by atoms with Gasteiger partial charge in [-0.25, -0.2) is 4.98 Å². The summed E-state index contributed by atoms with van der Waals surface area (Å²) in [5.74, 6) is -0.653. The van der Waals surface area contributed by atoms with Gasteiger partial charge in [-0.15, -0.1) is 0 Å². The Labute approximate surface area is 105 Å². The van der Waals surface area contributed by atoms with E-state index in [1.165, 1.54) is 7.05 Å². The molecule has 1 rings (SSSR count). The van der Waals surface area contributed by atoms with Crippen molar-refractivity contribution in [3.8, 4) is 0 Å². The van der Waals surface area contributed by atoms with Crippen LogP contribution in [-0.2, 0) is 6.18 Å². The molecule has 0 aliphatic heterocycles. The molecule has 0 spiro atoms. The van der Waals surface area contributed by atoms with Gasteiger partial charge in [-0.3, -0.25) is 0 Å². The van der Waals surface area contributed by atoms with Crippen LogP contribution in [0.3, 0.4) is 0 Å². The molecule has 0 radical (unpaired) electrons. The fraction of sp³-hybridized carbons (Fsp3) is 0.500. The van der Waals surface area contributed by atoms with Crippen LogP contribution in [0.1, 0.15) is 12.0 Å². The van der Waals surface area contributed by atoms with Crippen molar-refractivity contribution in [3.05, 3.63) is 17.7 Å². The van der Waals surface area contributed by atoms with Crippen molar-refractivity contribution in [2.24, 2.45) is 0 Å². The average molecular weight is 287 g/mol. The largest absolute Gasteiger partial charge is 0.416 e. The van der Waals surface area contributed by atoms with Gasteiger partial charge < -0.3 is 10.6 Å². The van der Waals surface area contributed by atoms with Crippen LogP contribution in [0.2, 0.25) is 0 Å². The summed E-state index contributed by atoms with van der Waals surface area (Å²) >= 11 is 0. The van der Waals surface area contributed by atoms with Gasteiger partial charge in [0.05, 0.1) is 12.0 Å². The predicted molar refractivity (Wildman–Crippen MR) is 57.6 cm³/mol. The molecule has 3 nitrogen and oxygen atoms in total. The lowest BCUT2D eigenvalue weighted by molar-refractivity contribution is -0.137. The highest BCUT2D eigenvalue weighted by Crippen LogP contribution is 2.32. The van der Waals surface area contributed by atoms with E-state index in [-0.39, 0.29) is 5.82 Å². The maximum Gasteiger partial charge on any atom is 0.416 e. The minimum absolute atomic E-state index is 0.253. The Morgan fingerprint density at radius 2 is 1.74 bits per heavy atom. The third-order valence-electron chi connectivity index (χ3n) is 2.28. The summed E-state index contributed by atoms with van der Waals surface area (Å²) in [7, 11) is 1.22. The van der Waals surface area contributed by atoms with Crippen molar-refractivity contribution < 1.29 is 26.3 Å². The first kappa shape index (κ1) is 15.4. The van der Waals surface area contributed by atoms with E-state index in [1.807, 2.05) is 0 Å². The summed E-state index contributed by atoms with van der Waals surface area (Å²) in [5, 5.41) is 0. The molecule has 1 aromatic heterocycles. The van der Waals surface area contributed by atoms with Gasteiger partial charge >= 0.3 is 12.4 Å². The number of halogens is 6. The molecule has 19 heavy (non-hydrogen) atoms. The molecule has 0 aliphatic rings. The number of anilines is 2. The maximum atomic E-state index is 12.5. The van der Waals surface area contributed by atoms with Crippen molar-refractivity contribution in [2.75, 3.05) is 24.2 Å². The van der Waals surface area contributed by atoms with Gasteiger partial charge in [-0.2, -0.15) is 26.3 Å². The summed E-state index contributed by atoms with van der Waals surface area (Å²) in [6.45, 7) is -0.503. The van der Waals surface area contributed by atoms with E-state index in [4.69, 9.17) is 5.73 Å². The Kier molecular flexibility index (Phi) is 4.16. The molecular weight excluding hydrogens is 276 g/mol. The third-order valence-corrected chi connectivity index (χ3v) is 2.28. The van der Waals surface area contributed by atoms with Gasteiger partial charge in [-0.1, -0.05) is 0 Å². The molecule has 2 N–H and O–H groups in total. The SMILES string of the molecule is CN(CCC(F)(F)F)c1cc(C(F)(F)F)cc(N)n1. The van der Waals surface area contributed by atoms with Crippen LogP contribution in [0.5, 0.6) is 0 Å². The topological polar surface area (TPSA) is 42.1 Å². The van der Waals surface area contributed by atoms with E-state index in [2.05, 4.69) is 4.98 Å². The summed E-state index contributed by atoms with van der Waals surface area (Å²) in [6, 6.07) is 1.29. The molecule has 0 aromatic carbocycles. The van der Waals surface area contributed by atoms with Crippen molar-refractivity contribution in [3.63, 3.8) is 0 Å². The van der Waals surface area contributed by atoms with Gasteiger partial charge in [0.2, 0.25) is 0 Å². The fourth-order valence-corrected chi connectivity index (χ4v) is 1.31. The van der Waals surface area contributed by atoms with E-state index >= 15 is 0 Å². The lowest BCUT2D eigenvalue weighted by Crippen LogP contribution is -2.25. The van der Waals surface area contributed by atoms with Crippen LogP contribution >= 0.6 is 0 Å². The first-order valence-electron chi connectivity index (χ1n) is 5.12. The second-order valence-corrected chi connectivity index (χ2v) is 3.92. The highest BCUT2D eigenvalue weighted by atomic mass is 19.4. The van der Waals surface area contributed by atoms with Gasteiger partial charge in [0.25, 0.3) is 0 Å². The molecule has 0 bridgehead atoms. The normalized spacial score (nSPS) is 12.6. The number of rotatable bonds is 3. The lowest BCUT2D eigenvalue weighted by atomic mass is 10.2. The van der Waals surface area contributed by atoms with Crippen LogP contribution in [0.15, 0.2) is 12.1 Å². The molecular formula is C10H11F6N3. The zero-order valence-corrected chi connectivity index (χ0v) is 9.81. The maximum absolute atomic E-state index is 12.5. The Balaban J connectivity index is 2.91. The first-order chi connectivity index (χ1) is 8.49. The Morgan fingerprint density at radius 3 is 2.21 bits per heavy atom. The van der Waals surface area contributed by atoms with E-state index in [0.717, 1.165) is 4.90 Å². The highest BCUT2D eigenvalue weighted by molar-refractivity contribution is 5.48. The van der Waals surface area contributed by atoms with Gasteiger partial charge in [0, 0.05) is 13.6 Å². The van der Waals surface area contributed by atoms with E-state index < -0.39 is 36.7 Å². The fourth-order valence-electron chi connectivity index (χ4n) is 1.31. The summed E-state index contributed by atoms with van der Waals surface area (Å²) in [5.41, 5.74) is 4.17. The number of pyridine rings is 1. The summed E-state index contributed by atoms with van der Waals surface area (Å²) < 4.78 is 73.6. The Hall–Kier alpha value is -1.67. The molecule has 0 unspecified atom stereocenters. The molecule has 1 aromatic rings. The number of alkyl halides is 6. The molecule has 108 valence electrons. The quantitative estimate of drug-likeness (QED) is 0.869. The van der Waals surface area contributed by atoms with Crippen LogP contribution in [0.25, 0.3) is 0 Å². The molecule has 0 amide bonds. The van der Waals surface area contributed by atoms with E-state index in [0.29, 0.717) is 12.1 Å². The second-order valence-electron chi connectivity index (χ2n) is 3.92. The minimum Gasteiger partial charge on any atom is -0.384 e. The zero-order valence-electron chi connectivity index (χ0n) is 9.81. The molecule has 0 fully saturated rings. The zero-order chi connectivity index (χ0) is 14.8. The summed E-state index contributed by atoms with van der Waals surface area (Å²) in [6.07, 6.45) is -10.2. The van der Waals surface area contributed by atoms with Crippen LogP contribution < -0.4 is 10.6 Å². The van der Waals surface area contributed by atoms with E-state index in [1.54, 1.807) is 0 Å². The van der Waals surface area contributed by atoms with Crippen molar-refractivity contribution in [1.82, 2.24) is 4.98 Å². The molecule has 1 heterocycles. The van der Waals surface area contributed by atoms with E-state index in [9.17, 15) is 26.3 Å². The lowest BCUT2D eigenvalue weighted by Gasteiger charge is -2.20. The number of hydrogen-bond donors (Lipinski definition) is 1. The minimum atomic E-state index is -4.63. The predicted octanol–water partition coefficient (Wildman–Crippen LogP) is 3.07. The van der Waals surface area contributed by atoms with Gasteiger partial charge in [-0.05, 0) is 12.1 Å². The van der Waals surface area contributed by atoms with Gasteiger partial charge in [0.1, 0.15) is 11.6 Å². The number of nitrogen functional groups attached to an aromatic ring is 1. The molecule has 0 aliphatic carbocycles. The average Bonchev–Trinajstić information content (AvgIpc) is 2.22. The summed E-state index contributed by atoms with van der Waals surface area (Å²) in [4.78, 5) is 4.56. The first-order valence-corrected chi connectivity index (χ1v) is 5.12. The number of aromatic nitrogens is 1. The number of hydrogen-bond acceptors (Lipinski definition) is 3. The third kappa shape index (κ3) is 4.84. The second kappa shape index (κ2) is 5.14. The number of nitrogens with zero attached hydrogens (tertiary/aromatic N) is 2. The van der Waals surface area contributed by atoms with Crippen molar-refractivity contribution >= 4 is 11.6 Å². The molecule has 0 atom stereocenters. The Morgan fingerprint density at radius 1 is 1.16 bits per heavy atom. The number of nitrogens with two attached hydrogens (primary N) is 1. The van der Waals surface area contributed by atoms with Crippen LogP contribution in [0, 0.1) is 0 Å². The van der Waals surface area contributed by atoms with Crippen LogP contribution in [-0.4, -0.2) is 24.8 Å². The highest BCUT2D eigenvalue weighted by Gasteiger charge is 2.32. The molecule has 0 saturated carbocycles. The Bertz CT molecular complexity index is 440. The molecule has 0 saturated heterocycles.